The van der Waals surface area contributed by atoms with Crippen molar-refractivity contribution in [1.29, 1.82) is 0 Å². The third kappa shape index (κ3) is 2.45. The predicted octanol–water partition coefficient (Wildman–Crippen LogP) is 3.36. The van der Waals surface area contributed by atoms with E-state index in [0.29, 0.717) is 25.4 Å². The number of benzene rings is 1. The van der Waals surface area contributed by atoms with Crippen LogP contribution >= 0.6 is 0 Å². The topological polar surface area (TPSA) is 40.5 Å². The van der Waals surface area contributed by atoms with Crippen LogP contribution in [0.5, 0.6) is 0 Å². The second kappa shape index (κ2) is 6.05. The number of amides is 1. The van der Waals surface area contributed by atoms with Crippen LogP contribution in [-0.2, 0) is 10.2 Å². The molecule has 3 aliphatic carbocycles. The zero-order valence-corrected chi connectivity index (χ0v) is 15.2. The Morgan fingerprint density at radius 3 is 2.65 bits per heavy atom. The van der Waals surface area contributed by atoms with E-state index in [2.05, 4.69) is 0 Å². The van der Waals surface area contributed by atoms with Crippen molar-refractivity contribution >= 4 is 5.91 Å². The van der Waals surface area contributed by atoms with Gasteiger partial charge >= 0.3 is 0 Å². The lowest BCUT2D eigenvalue weighted by Gasteiger charge is -2.51. The van der Waals surface area contributed by atoms with E-state index >= 15 is 0 Å². The summed E-state index contributed by atoms with van der Waals surface area (Å²) >= 11 is 0. The number of rotatable bonds is 4. The Labute approximate surface area is 154 Å². The van der Waals surface area contributed by atoms with Crippen molar-refractivity contribution in [2.45, 2.75) is 43.9 Å². The highest BCUT2D eigenvalue weighted by atomic mass is 19.1. The molecule has 1 aliphatic heterocycles. The standard InChI is InChI=1S/C22H28FNO2/c23-18-3-1-17(2-4-18)22(10-21(26)24-11-15(12-24)13-25)6-5-16-7-14-8-19(16)20(22)9-14/h1-4,14-16,19-20,25H,5-13H2. The first-order chi connectivity index (χ1) is 12.6. The van der Waals surface area contributed by atoms with Gasteiger partial charge in [-0.3, -0.25) is 4.79 Å². The van der Waals surface area contributed by atoms with E-state index in [0.717, 1.165) is 24.2 Å². The lowest BCUT2D eigenvalue weighted by atomic mass is 9.54. The van der Waals surface area contributed by atoms with E-state index in [1.165, 1.54) is 31.2 Å². The number of nitrogens with zero attached hydrogens (tertiary/aromatic N) is 1. The van der Waals surface area contributed by atoms with Gasteiger partial charge in [0.25, 0.3) is 0 Å². The van der Waals surface area contributed by atoms with Crippen molar-refractivity contribution in [3.05, 3.63) is 35.6 Å². The van der Waals surface area contributed by atoms with Gasteiger partial charge in [-0.25, -0.2) is 4.39 Å². The molecule has 26 heavy (non-hydrogen) atoms. The average Bonchev–Trinajstić information content (AvgIpc) is 3.19. The lowest BCUT2D eigenvalue weighted by molar-refractivity contribution is -0.141. The quantitative estimate of drug-likeness (QED) is 0.898. The Balaban J connectivity index is 1.46. The molecule has 4 fully saturated rings. The maximum Gasteiger partial charge on any atom is 0.223 e. The molecule has 1 heterocycles. The minimum Gasteiger partial charge on any atom is -0.396 e. The number of carbonyl (C=O) groups is 1. The SMILES string of the molecule is O=C(CC1(c2ccc(F)cc2)CCC2CC3CC2C1C3)N1CC(CO)C1. The van der Waals surface area contributed by atoms with Gasteiger partial charge in [-0.2, -0.15) is 0 Å². The van der Waals surface area contributed by atoms with E-state index in [1.807, 2.05) is 17.0 Å². The molecule has 1 N–H and O–H groups in total. The molecule has 3 saturated carbocycles. The maximum absolute atomic E-state index is 13.6. The lowest BCUT2D eigenvalue weighted by Crippen LogP contribution is -2.54. The number of aliphatic hydroxyl groups excluding tert-OH is 1. The number of hydrogen-bond acceptors (Lipinski definition) is 2. The summed E-state index contributed by atoms with van der Waals surface area (Å²) < 4.78 is 13.6. The molecular weight excluding hydrogens is 329 g/mol. The number of fused-ring (bicyclic) bond motifs is 1. The smallest absolute Gasteiger partial charge is 0.223 e. The molecule has 5 atom stereocenters. The second-order valence-corrected chi connectivity index (χ2v) is 9.33. The van der Waals surface area contributed by atoms with E-state index in [9.17, 15) is 14.3 Å². The molecule has 140 valence electrons. The first-order valence-corrected chi connectivity index (χ1v) is 10.2. The maximum atomic E-state index is 13.6. The minimum atomic E-state index is -0.203. The van der Waals surface area contributed by atoms with E-state index in [-0.39, 0.29) is 29.7 Å². The van der Waals surface area contributed by atoms with Gasteiger partial charge in [0, 0.05) is 37.5 Å². The Morgan fingerprint density at radius 1 is 1.19 bits per heavy atom. The van der Waals surface area contributed by atoms with Crippen molar-refractivity contribution in [3.8, 4) is 0 Å². The number of aliphatic hydroxyl groups is 1. The summed E-state index contributed by atoms with van der Waals surface area (Å²) in [6.45, 7) is 1.54. The monoisotopic (exact) mass is 357 g/mol. The number of carbonyl (C=O) groups excluding carboxylic acids is 1. The predicted molar refractivity (Wildman–Crippen MR) is 96.9 cm³/mol. The van der Waals surface area contributed by atoms with Crippen molar-refractivity contribution in [3.63, 3.8) is 0 Å². The molecule has 0 spiro atoms. The van der Waals surface area contributed by atoms with Gasteiger partial charge in [0.1, 0.15) is 5.82 Å². The molecule has 1 aromatic carbocycles. The van der Waals surface area contributed by atoms with E-state index < -0.39 is 0 Å². The normalized spacial score (nSPS) is 38.5. The first kappa shape index (κ1) is 16.7. The van der Waals surface area contributed by atoms with Crippen LogP contribution in [0, 0.1) is 35.4 Å². The van der Waals surface area contributed by atoms with Crippen LogP contribution < -0.4 is 0 Å². The highest BCUT2D eigenvalue weighted by Crippen LogP contribution is 2.64. The molecule has 5 rings (SSSR count). The molecule has 5 unspecified atom stereocenters. The number of halogens is 1. The van der Waals surface area contributed by atoms with Gasteiger partial charge in [-0.05, 0) is 73.5 Å². The summed E-state index contributed by atoms with van der Waals surface area (Å²) in [4.78, 5) is 15.0. The summed E-state index contributed by atoms with van der Waals surface area (Å²) in [7, 11) is 0. The van der Waals surface area contributed by atoms with Gasteiger partial charge in [0.05, 0.1) is 0 Å². The summed E-state index contributed by atoms with van der Waals surface area (Å²) in [5, 5.41) is 9.25. The van der Waals surface area contributed by atoms with Crippen LogP contribution in [-0.4, -0.2) is 35.6 Å². The second-order valence-electron chi connectivity index (χ2n) is 9.33. The third-order valence-electron chi connectivity index (χ3n) is 8.08. The minimum absolute atomic E-state index is 0.120. The molecular formula is C22H28FNO2. The first-order valence-electron chi connectivity index (χ1n) is 10.2. The summed E-state index contributed by atoms with van der Waals surface area (Å²) in [6, 6.07) is 6.99. The largest absolute Gasteiger partial charge is 0.396 e. The van der Waals surface area contributed by atoms with Crippen molar-refractivity contribution in [1.82, 2.24) is 4.90 Å². The van der Waals surface area contributed by atoms with Gasteiger partial charge in [-0.15, -0.1) is 0 Å². The van der Waals surface area contributed by atoms with Crippen LogP contribution in [0.4, 0.5) is 4.39 Å². The molecule has 1 aromatic rings. The molecule has 1 amide bonds. The number of hydrogen-bond donors (Lipinski definition) is 1. The van der Waals surface area contributed by atoms with Crippen molar-refractivity contribution in [2.75, 3.05) is 19.7 Å². The average molecular weight is 357 g/mol. The molecule has 3 nitrogen and oxygen atoms in total. The Hall–Kier alpha value is -1.42. The van der Waals surface area contributed by atoms with Crippen LogP contribution in [0.25, 0.3) is 0 Å². The van der Waals surface area contributed by atoms with Gasteiger partial charge < -0.3 is 10.0 Å². The zero-order valence-electron chi connectivity index (χ0n) is 15.2. The third-order valence-corrected chi connectivity index (χ3v) is 8.08. The Kier molecular flexibility index (Phi) is 3.89. The van der Waals surface area contributed by atoms with Gasteiger partial charge in [0.15, 0.2) is 0 Å². The van der Waals surface area contributed by atoms with Gasteiger partial charge in [-0.1, -0.05) is 12.1 Å². The highest BCUT2D eigenvalue weighted by molar-refractivity contribution is 5.79. The van der Waals surface area contributed by atoms with Gasteiger partial charge in [0.2, 0.25) is 5.91 Å². The molecule has 1 saturated heterocycles. The fourth-order valence-corrected chi connectivity index (χ4v) is 6.82. The van der Waals surface area contributed by atoms with Crippen LogP contribution in [0.15, 0.2) is 24.3 Å². The number of likely N-dealkylation sites (tertiary alicyclic amines) is 1. The summed E-state index contributed by atoms with van der Waals surface area (Å²) in [5.74, 6) is 3.29. The summed E-state index contributed by atoms with van der Waals surface area (Å²) in [5.41, 5.74) is 1.05. The van der Waals surface area contributed by atoms with E-state index in [1.54, 1.807) is 12.1 Å². The Morgan fingerprint density at radius 2 is 1.96 bits per heavy atom. The fraction of sp³-hybridized carbons (Fsp3) is 0.682. The molecule has 0 radical (unpaired) electrons. The molecule has 4 aliphatic rings. The van der Waals surface area contributed by atoms with Crippen LogP contribution in [0.2, 0.25) is 0 Å². The van der Waals surface area contributed by atoms with Crippen molar-refractivity contribution < 1.29 is 14.3 Å². The molecule has 0 aromatic heterocycles. The van der Waals surface area contributed by atoms with Crippen molar-refractivity contribution in [2.24, 2.45) is 29.6 Å². The zero-order chi connectivity index (χ0) is 17.9. The van der Waals surface area contributed by atoms with E-state index in [4.69, 9.17) is 0 Å². The van der Waals surface area contributed by atoms with Crippen LogP contribution in [0.3, 0.4) is 0 Å². The molecule has 2 bridgehead atoms. The fourth-order valence-electron chi connectivity index (χ4n) is 6.82. The molecule has 4 heteroatoms. The van der Waals surface area contributed by atoms with Crippen LogP contribution in [0.1, 0.15) is 44.1 Å². The highest BCUT2D eigenvalue weighted by Gasteiger charge is 2.58. The summed E-state index contributed by atoms with van der Waals surface area (Å²) in [6.07, 6.45) is 6.78. The Bertz CT molecular complexity index is 699.